The molecule has 102 valence electrons. The zero-order chi connectivity index (χ0) is 13.8. The summed E-state index contributed by atoms with van der Waals surface area (Å²) in [4.78, 5) is 6.09. The average Bonchev–Trinajstić information content (AvgIpc) is 2.37. The Bertz CT molecular complexity index is 557. The maximum atomic E-state index is 12.5. The van der Waals surface area contributed by atoms with Crippen molar-refractivity contribution < 1.29 is 8.78 Å². The summed E-state index contributed by atoms with van der Waals surface area (Å²) < 4.78 is 25.1. The van der Waals surface area contributed by atoms with Crippen LogP contribution in [0.3, 0.4) is 0 Å². The maximum absolute atomic E-state index is 12.5. The molecule has 0 unspecified atom stereocenters. The Balaban J connectivity index is 2.49. The van der Waals surface area contributed by atoms with Crippen LogP contribution in [0.5, 0.6) is 0 Å². The van der Waals surface area contributed by atoms with Crippen LogP contribution in [0.2, 0.25) is 0 Å². The number of halogens is 2. The molecule has 0 saturated heterocycles. The van der Waals surface area contributed by atoms with Gasteiger partial charge in [-0.05, 0) is 19.2 Å². The Labute approximate surface area is 111 Å². The van der Waals surface area contributed by atoms with Gasteiger partial charge in [0, 0.05) is 24.7 Å². The molecule has 2 rings (SSSR count). The van der Waals surface area contributed by atoms with E-state index in [1.165, 1.54) is 0 Å². The lowest BCUT2D eigenvalue weighted by molar-refractivity contribution is 0.156. The molecular weight excluding hydrogens is 248 g/mol. The van der Waals surface area contributed by atoms with E-state index in [2.05, 4.69) is 10.3 Å². The van der Waals surface area contributed by atoms with E-state index in [4.69, 9.17) is 0 Å². The van der Waals surface area contributed by atoms with Crippen molar-refractivity contribution in [2.24, 2.45) is 0 Å². The first-order chi connectivity index (χ1) is 9.11. The molecule has 19 heavy (non-hydrogen) atoms. The van der Waals surface area contributed by atoms with E-state index in [0.717, 1.165) is 22.3 Å². The van der Waals surface area contributed by atoms with Crippen molar-refractivity contribution in [3.8, 4) is 0 Å². The quantitative estimate of drug-likeness (QED) is 0.901. The van der Waals surface area contributed by atoms with Gasteiger partial charge in [-0.1, -0.05) is 18.2 Å². The molecule has 1 N–H and O–H groups in total. The van der Waals surface area contributed by atoms with Gasteiger partial charge in [0.25, 0.3) is 6.43 Å². The van der Waals surface area contributed by atoms with Gasteiger partial charge >= 0.3 is 0 Å². The monoisotopic (exact) mass is 265 g/mol. The highest BCUT2D eigenvalue weighted by Crippen LogP contribution is 2.26. The third kappa shape index (κ3) is 3.17. The summed E-state index contributed by atoms with van der Waals surface area (Å²) in [5.74, 6) is 0. The van der Waals surface area contributed by atoms with Crippen LogP contribution >= 0.6 is 0 Å². The van der Waals surface area contributed by atoms with Crippen molar-refractivity contribution >= 4 is 16.6 Å². The third-order valence-corrected chi connectivity index (χ3v) is 2.93. The highest BCUT2D eigenvalue weighted by atomic mass is 19.3. The topological polar surface area (TPSA) is 28.2 Å². The predicted molar refractivity (Wildman–Crippen MR) is 73.8 cm³/mol. The van der Waals surface area contributed by atoms with E-state index >= 15 is 0 Å². The number of benzene rings is 1. The van der Waals surface area contributed by atoms with Crippen molar-refractivity contribution in [3.05, 3.63) is 36.0 Å². The minimum atomic E-state index is -2.36. The van der Waals surface area contributed by atoms with Crippen LogP contribution in [0, 0.1) is 0 Å². The first-order valence-corrected chi connectivity index (χ1v) is 6.14. The number of nitrogens with one attached hydrogen (secondary N) is 1. The number of aromatic nitrogens is 1. The Morgan fingerprint density at radius 1 is 1.32 bits per heavy atom. The highest BCUT2D eigenvalue weighted by molar-refractivity contribution is 5.91. The third-order valence-electron chi connectivity index (χ3n) is 2.93. The first kappa shape index (κ1) is 13.7. The number of anilines is 1. The van der Waals surface area contributed by atoms with Crippen LogP contribution in [0.25, 0.3) is 10.9 Å². The van der Waals surface area contributed by atoms with E-state index in [9.17, 15) is 8.78 Å². The molecule has 3 nitrogen and oxygen atoms in total. The molecule has 0 spiro atoms. The number of para-hydroxylation sites is 1. The molecule has 0 aliphatic heterocycles. The molecule has 0 fully saturated rings. The summed E-state index contributed by atoms with van der Waals surface area (Å²) in [7, 11) is 3.51. The van der Waals surface area contributed by atoms with Crippen molar-refractivity contribution in [1.29, 1.82) is 0 Å². The Morgan fingerprint density at radius 3 is 2.74 bits per heavy atom. The molecule has 0 radical (unpaired) electrons. The molecule has 0 bridgehead atoms. The fourth-order valence-corrected chi connectivity index (χ4v) is 2.10. The first-order valence-electron chi connectivity index (χ1n) is 6.14. The van der Waals surface area contributed by atoms with Gasteiger partial charge in [0.05, 0.1) is 17.8 Å². The van der Waals surface area contributed by atoms with Gasteiger partial charge in [-0.2, -0.15) is 0 Å². The second-order valence-corrected chi connectivity index (χ2v) is 4.45. The number of rotatable bonds is 5. The largest absolute Gasteiger partial charge is 0.368 e. The molecule has 1 aromatic carbocycles. The predicted octanol–water partition coefficient (Wildman–Crippen LogP) is 2.66. The average molecular weight is 265 g/mol. The van der Waals surface area contributed by atoms with Crippen LogP contribution in [-0.4, -0.2) is 32.0 Å². The van der Waals surface area contributed by atoms with E-state index < -0.39 is 6.43 Å². The molecule has 2 aromatic rings. The highest BCUT2D eigenvalue weighted by Gasteiger charge is 2.13. The summed E-state index contributed by atoms with van der Waals surface area (Å²) >= 11 is 0. The molecule has 0 atom stereocenters. The maximum Gasteiger partial charge on any atom is 0.255 e. The van der Waals surface area contributed by atoms with Gasteiger partial charge < -0.3 is 10.2 Å². The molecule has 0 amide bonds. The Hall–Kier alpha value is -1.75. The fourth-order valence-electron chi connectivity index (χ4n) is 2.10. The van der Waals surface area contributed by atoms with Crippen LogP contribution in [0.1, 0.15) is 5.69 Å². The summed E-state index contributed by atoms with van der Waals surface area (Å²) in [6.07, 6.45) is -2.36. The summed E-state index contributed by atoms with van der Waals surface area (Å²) in [5, 5.41) is 3.92. The van der Waals surface area contributed by atoms with Gasteiger partial charge in [-0.3, -0.25) is 4.98 Å². The lowest BCUT2D eigenvalue weighted by atomic mass is 10.1. The van der Waals surface area contributed by atoms with Crippen molar-refractivity contribution in [2.75, 3.05) is 25.5 Å². The fraction of sp³-hybridized carbons (Fsp3) is 0.357. The number of hydrogen-bond donors (Lipinski definition) is 1. The second-order valence-electron chi connectivity index (χ2n) is 4.45. The zero-order valence-electron chi connectivity index (χ0n) is 11.0. The van der Waals surface area contributed by atoms with Gasteiger partial charge in [0.1, 0.15) is 0 Å². The van der Waals surface area contributed by atoms with Crippen LogP contribution in [0.4, 0.5) is 14.5 Å². The Morgan fingerprint density at radius 2 is 2.05 bits per heavy atom. The number of alkyl halides is 2. The lowest BCUT2D eigenvalue weighted by Crippen LogP contribution is -2.24. The molecule has 0 aliphatic carbocycles. The van der Waals surface area contributed by atoms with Gasteiger partial charge in [0.15, 0.2) is 0 Å². The number of fused-ring (bicyclic) bond motifs is 1. The molecule has 0 aliphatic rings. The molecule has 0 saturated carbocycles. The molecular formula is C14H17F2N3. The van der Waals surface area contributed by atoms with Crippen molar-refractivity contribution in [1.82, 2.24) is 10.3 Å². The number of nitrogens with zero attached hydrogens (tertiary/aromatic N) is 2. The van der Waals surface area contributed by atoms with Crippen LogP contribution in [0.15, 0.2) is 30.3 Å². The van der Waals surface area contributed by atoms with E-state index in [1.54, 1.807) is 11.9 Å². The smallest absolute Gasteiger partial charge is 0.255 e. The Kier molecular flexibility index (Phi) is 4.27. The molecule has 5 heteroatoms. The van der Waals surface area contributed by atoms with E-state index in [0.29, 0.717) is 6.54 Å². The molecule has 1 aromatic heterocycles. The normalized spacial score (nSPS) is 11.2. The minimum absolute atomic E-state index is 0.285. The SMILES string of the molecule is CNCc1cc(N(C)CC(F)F)c2ccccc2n1. The van der Waals surface area contributed by atoms with E-state index in [1.807, 2.05) is 37.4 Å². The van der Waals surface area contributed by atoms with Crippen LogP contribution < -0.4 is 10.2 Å². The van der Waals surface area contributed by atoms with Crippen molar-refractivity contribution in [3.63, 3.8) is 0 Å². The molecule has 1 heterocycles. The van der Waals surface area contributed by atoms with Crippen LogP contribution in [-0.2, 0) is 6.54 Å². The van der Waals surface area contributed by atoms with Gasteiger partial charge in [0.2, 0.25) is 0 Å². The van der Waals surface area contributed by atoms with E-state index in [-0.39, 0.29) is 6.54 Å². The van der Waals surface area contributed by atoms with Gasteiger partial charge in [-0.25, -0.2) is 8.78 Å². The summed E-state index contributed by atoms with van der Waals surface area (Å²) in [6.45, 7) is 0.327. The van der Waals surface area contributed by atoms with Gasteiger partial charge in [-0.15, -0.1) is 0 Å². The zero-order valence-corrected chi connectivity index (χ0v) is 11.0. The van der Waals surface area contributed by atoms with Crippen molar-refractivity contribution in [2.45, 2.75) is 13.0 Å². The number of pyridine rings is 1. The minimum Gasteiger partial charge on any atom is -0.368 e. The summed E-state index contributed by atoms with van der Waals surface area (Å²) in [5.41, 5.74) is 2.46. The summed E-state index contributed by atoms with van der Waals surface area (Å²) in [6, 6.07) is 9.45. The lowest BCUT2D eigenvalue weighted by Gasteiger charge is -2.21. The second kappa shape index (κ2) is 5.93. The number of hydrogen-bond acceptors (Lipinski definition) is 3. The standard InChI is InChI=1S/C14H17F2N3/c1-17-8-10-7-13(19(2)9-14(15)16)11-5-3-4-6-12(11)18-10/h3-7,14,17H,8-9H2,1-2H3.